The van der Waals surface area contributed by atoms with Gasteiger partial charge in [-0.25, -0.2) is 18.6 Å². The Labute approximate surface area is 67.5 Å². The van der Waals surface area contributed by atoms with Gasteiger partial charge in [0.15, 0.2) is 11.6 Å². The molecule has 0 unspecified atom stereocenters. The maximum Gasteiger partial charge on any atom is 0.235 e. The zero-order valence-electron chi connectivity index (χ0n) is 6.05. The third-order valence-electron chi connectivity index (χ3n) is 1.35. The normalized spacial score (nSPS) is 9.17. The lowest BCUT2D eigenvalue weighted by molar-refractivity contribution is 0.499. The van der Waals surface area contributed by atoms with E-state index in [4.69, 9.17) is 0 Å². The topological polar surface area (TPSA) is 29.4 Å². The van der Waals surface area contributed by atoms with E-state index in [1.807, 2.05) is 0 Å². The molecular formula is C8H5F2NO. The summed E-state index contributed by atoms with van der Waals surface area (Å²) in [6.45, 7) is -0.174. The first-order valence-corrected chi connectivity index (χ1v) is 3.22. The molecule has 12 heavy (non-hydrogen) atoms. The van der Waals surface area contributed by atoms with E-state index in [9.17, 15) is 13.6 Å². The van der Waals surface area contributed by atoms with Crippen LogP contribution in [0, 0.1) is 11.6 Å². The summed E-state index contributed by atoms with van der Waals surface area (Å²) in [7, 11) is 0. The first-order valence-electron chi connectivity index (χ1n) is 3.22. The lowest BCUT2D eigenvalue weighted by Gasteiger charge is -1.97. The molecule has 0 aliphatic heterocycles. The third-order valence-corrected chi connectivity index (χ3v) is 1.35. The van der Waals surface area contributed by atoms with E-state index < -0.39 is 11.6 Å². The maximum absolute atomic E-state index is 12.8. The molecule has 0 N–H and O–H groups in total. The maximum atomic E-state index is 12.8. The molecule has 1 aromatic carbocycles. The zero-order valence-corrected chi connectivity index (χ0v) is 6.05. The summed E-state index contributed by atoms with van der Waals surface area (Å²) in [6.07, 6.45) is 1.25. The third kappa shape index (κ3) is 1.74. The lowest BCUT2D eigenvalue weighted by Crippen LogP contribution is -1.91. The molecule has 0 aromatic heterocycles. The van der Waals surface area contributed by atoms with E-state index in [2.05, 4.69) is 4.99 Å². The van der Waals surface area contributed by atoms with Crippen molar-refractivity contribution in [1.82, 2.24) is 0 Å². The van der Waals surface area contributed by atoms with Crippen LogP contribution in [-0.4, -0.2) is 6.08 Å². The van der Waals surface area contributed by atoms with Crippen LogP contribution in [0.5, 0.6) is 0 Å². The Kier molecular flexibility index (Phi) is 2.66. The van der Waals surface area contributed by atoms with Gasteiger partial charge < -0.3 is 0 Å². The van der Waals surface area contributed by atoms with Crippen LogP contribution in [0.4, 0.5) is 8.78 Å². The monoisotopic (exact) mass is 169 g/mol. The summed E-state index contributed by atoms with van der Waals surface area (Å²) < 4.78 is 25.3. The second-order valence-corrected chi connectivity index (χ2v) is 2.12. The predicted molar refractivity (Wildman–Crippen MR) is 38.2 cm³/mol. The highest BCUT2D eigenvalue weighted by molar-refractivity contribution is 5.33. The van der Waals surface area contributed by atoms with E-state index in [0.717, 1.165) is 6.07 Å². The number of hydrogen-bond donors (Lipinski definition) is 0. The molecule has 0 aliphatic carbocycles. The van der Waals surface area contributed by atoms with E-state index in [0.29, 0.717) is 0 Å². The predicted octanol–water partition coefficient (Wildman–Crippen LogP) is 1.80. The summed E-state index contributed by atoms with van der Waals surface area (Å²) in [4.78, 5) is 12.8. The van der Waals surface area contributed by atoms with Gasteiger partial charge in [0, 0.05) is 5.56 Å². The van der Waals surface area contributed by atoms with E-state index in [1.165, 1.54) is 18.2 Å². The minimum atomic E-state index is -0.962. The summed E-state index contributed by atoms with van der Waals surface area (Å²) >= 11 is 0. The van der Waals surface area contributed by atoms with Gasteiger partial charge in [0.25, 0.3) is 0 Å². The Morgan fingerprint density at radius 1 is 1.42 bits per heavy atom. The van der Waals surface area contributed by atoms with Gasteiger partial charge in [-0.05, 0) is 6.07 Å². The fourth-order valence-electron chi connectivity index (χ4n) is 0.788. The molecule has 0 atom stereocenters. The van der Waals surface area contributed by atoms with Gasteiger partial charge in [0.05, 0.1) is 6.54 Å². The minimum Gasteiger partial charge on any atom is -0.211 e. The smallest absolute Gasteiger partial charge is 0.211 e. The number of carbonyl (C=O) groups excluding carboxylic acids is 1. The average molecular weight is 169 g/mol. The van der Waals surface area contributed by atoms with Crippen LogP contribution >= 0.6 is 0 Å². The Balaban J connectivity index is 2.99. The molecule has 0 aliphatic rings. The van der Waals surface area contributed by atoms with Crippen LogP contribution in [0.3, 0.4) is 0 Å². The van der Waals surface area contributed by atoms with Crippen LogP contribution < -0.4 is 0 Å². The highest BCUT2D eigenvalue weighted by Gasteiger charge is 2.05. The summed E-state index contributed by atoms with van der Waals surface area (Å²) in [5.74, 6) is -1.90. The molecule has 0 fully saturated rings. The van der Waals surface area contributed by atoms with E-state index in [-0.39, 0.29) is 12.1 Å². The molecule has 0 saturated heterocycles. The van der Waals surface area contributed by atoms with Crippen molar-refractivity contribution in [3.63, 3.8) is 0 Å². The molecule has 0 heterocycles. The quantitative estimate of drug-likeness (QED) is 0.490. The highest BCUT2D eigenvalue weighted by atomic mass is 19.2. The van der Waals surface area contributed by atoms with Crippen LogP contribution in [0.25, 0.3) is 0 Å². The fourth-order valence-corrected chi connectivity index (χ4v) is 0.788. The van der Waals surface area contributed by atoms with Gasteiger partial charge in [-0.2, -0.15) is 0 Å². The number of nitrogens with zero attached hydrogens (tertiary/aromatic N) is 1. The van der Waals surface area contributed by atoms with Crippen molar-refractivity contribution in [2.75, 3.05) is 0 Å². The molecule has 4 heteroatoms. The van der Waals surface area contributed by atoms with Crippen molar-refractivity contribution in [1.29, 1.82) is 0 Å². The number of aliphatic imine (C=N–C) groups is 1. The Morgan fingerprint density at radius 2 is 2.17 bits per heavy atom. The van der Waals surface area contributed by atoms with E-state index >= 15 is 0 Å². The summed E-state index contributed by atoms with van der Waals surface area (Å²) in [6, 6.07) is 3.72. The molecular weight excluding hydrogens is 164 g/mol. The summed E-state index contributed by atoms with van der Waals surface area (Å²) in [5.41, 5.74) is 0.0540. The van der Waals surface area contributed by atoms with Crippen molar-refractivity contribution in [3.8, 4) is 0 Å². The SMILES string of the molecule is O=C=NCc1cccc(F)c1F. The fraction of sp³-hybridized carbons (Fsp3) is 0.125. The van der Waals surface area contributed by atoms with Gasteiger partial charge in [-0.3, -0.25) is 0 Å². The molecule has 2 nitrogen and oxygen atoms in total. The summed E-state index contributed by atoms with van der Waals surface area (Å²) in [5, 5.41) is 0. The number of rotatable bonds is 2. The van der Waals surface area contributed by atoms with Crippen molar-refractivity contribution in [2.45, 2.75) is 6.54 Å². The van der Waals surface area contributed by atoms with Gasteiger partial charge >= 0.3 is 0 Å². The second kappa shape index (κ2) is 3.74. The Hall–Kier alpha value is -1.54. The first kappa shape index (κ1) is 8.56. The van der Waals surface area contributed by atoms with Gasteiger partial charge in [-0.15, -0.1) is 0 Å². The Morgan fingerprint density at radius 3 is 2.83 bits per heavy atom. The highest BCUT2D eigenvalue weighted by Crippen LogP contribution is 2.11. The lowest BCUT2D eigenvalue weighted by atomic mass is 10.2. The largest absolute Gasteiger partial charge is 0.235 e. The number of isocyanates is 1. The van der Waals surface area contributed by atoms with Gasteiger partial charge in [0.1, 0.15) is 0 Å². The van der Waals surface area contributed by atoms with Gasteiger partial charge in [0.2, 0.25) is 6.08 Å². The molecule has 1 rings (SSSR count). The molecule has 0 radical (unpaired) electrons. The van der Waals surface area contributed by atoms with Crippen LogP contribution in [0.15, 0.2) is 23.2 Å². The molecule has 1 aromatic rings. The van der Waals surface area contributed by atoms with Crippen molar-refractivity contribution < 1.29 is 13.6 Å². The number of benzene rings is 1. The molecule has 0 amide bonds. The minimum absolute atomic E-state index is 0.0540. The average Bonchev–Trinajstić information content (AvgIpc) is 2.08. The Bertz CT molecular complexity index is 332. The van der Waals surface area contributed by atoms with E-state index in [1.54, 1.807) is 0 Å². The van der Waals surface area contributed by atoms with Gasteiger partial charge in [-0.1, -0.05) is 12.1 Å². The first-order chi connectivity index (χ1) is 5.75. The zero-order chi connectivity index (χ0) is 8.97. The van der Waals surface area contributed by atoms with Crippen molar-refractivity contribution in [2.24, 2.45) is 4.99 Å². The molecule has 62 valence electrons. The molecule has 0 bridgehead atoms. The number of halogens is 2. The van der Waals surface area contributed by atoms with Crippen LogP contribution in [0.2, 0.25) is 0 Å². The molecule has 0 spiro atoms. The second-order valence-electron chi connectivity index (χ2n) is 2.12. The van der Waals surface area contributed by atoms with Crippen molar-refractivity contribution in [3.05, 3.63) is 35.4 Å². The van der Waals surface area contributed by atoms with Crippen LogP contribution in [-0.2, 0) is 11.3 Å². The standard InChI is InChI=1S/C8H5F2NO/c9-7-3-1-2-6(8(7)10)4-11-5-12/h1-3H,4H2. The van der Waals surface area contributed by atoms with Crippen molar-refractivity contribution >= 4 is 6.08 Å². The number of hydrogen-bond acceptors (Lipinski definition) is 2. The molecule has 0 saturated carbocycles. The van der Waals surface area contributed by atoms with Crippen LogP contribution in [0.1, 0.15) is 5.56 Å².